The molecule has 14 heavy (non-hydrogen) atoms. The Morgan fingerprint density at radius 3 is 1.57 bits per heavy atom. The van der Waals surface area contributed by atoms with E-state index in [-0.39, 0.29) is 55.9 Å². The molecule has 0 bridgehead atoms. The number of hydrogen-bond acceptors (Lipinski definition) is 2. The average Bonchev–Trinajstić information content (AvgIpc) is 2.04. The van der Waals surface area contributed by atoms with Gasteiger partial charge in [-0.25, -0.2) is 9.59 Å². The molecule has 2 N–H and O–H groups in total. The molecule has 0 atom stereocenters. The van der Waals surface area contributed by atoms with Crippen LogP contribution < -0.4 is 0 Å². The van der Waals surface area contributed by atoms with E-state index in [1.165, 1.54) is 18.2 Å². The topological polar surface area (TPSA) is 74.6 Å². The number of rotatable bonds is 2. The minimum atomic E-state index is -1.13. The molecule has 0 saturated heterocycles. The smallest absolute Gasteiger partial charge is 0.335 e. The Balaban J connectivity index is 0. The number of carbonyl (C=O) groups is 2. The maximum absolute atomic E-state index is 10.4. The van der Waals surface area contributed by atoms with Crippen molar-refractivity contribution in [2.45, 2.75) is 0 Å². The zero-order chi connectivity index (χ0) is 9.14. The second-order valence-electron chi connectivity index (χ2n) is 2.19. The first-order chi connectivity index (χ1) is 5.61. The van der Waals surface area contributed by atoms with Crippen LogP contribution in [0.25, 0.3) is 0 Å². The van der Waals surface area contributed by atoms with Crippen LogP contribution in [0.5, 0.6) is 0 Å². The van der Waals surface area contributed by atoms with Gasteiger partial charge in [-0.15, -0.1) is 0 Å². The second-order valence-corrected chi connectivity index (χ2v) is 2.19. The van der Waals surface area contributed by atoms with Gasteiger partial charge in [-0.2, -0.15) is 0 Å². The van der Waals surface area contributed by atoms with Crippen LogP contribution in [-0.2, 0) is 44.8 Å². The molecular weight excluding hydrogens is 376 g/mol. The number of hydrogen-bond donors (Lipinski definition) is 2. The molecule has 1 aromatic rings. The minimum absolute atomic E-state index is 0. The van der Waals surface area contributed by atoms with Crippen molar-refractivity contribution in [1.29, 1.82) is 0 Å². The fourth-order valence-electron chi connectivity index (χ4n) is 0.785. The van der Waals surface area contributed by atoms with Gasteiger partial charge in [0.15, 0.2) is 0 Å². The quantitative estimate of drug-likeness (QED) is 0.752. The van der Waals surface area contributed by atoms with E-state index in [2.05, 4.69) is 0 Å². The van der Waals surface area contributed by atoms with Crippen LogP contribution in [0.1, 0.15) is 20.7 Å². The van der Waals surface area contributed by atoms with E-state index in [4.69, 9.17) is 10.2 Å². The van der Waals surface area contributed by atoms with Gasteiger partial charge in [0.05, 0.1) is 11.1 Å². The Labute approximate surface area is 111 Å². The van der Waals surface area contributed by atoms with E-state index in [1.807, 2.05) is 0 Å². The van der Waals surface area contributed by atoms with Crippen LogP contribution >= 0.6 is 0 Å². The van der Waals surface area contributed by atoms with Crippen LogP contribution in [0.2, 0.25) is 0 Å². The average molecular weight is 382 g/mol. The summed E-state index contributed by atoms with van der Waals surface area (Å²) in [7, 11) is 0. The van der Waals surface area contributed by atoms with Crippen molar-refractivity contribution in [1.82, 2.24) is 0 Å². The van der Waals surface area contributed by atoms with Crippen molar-refractivity contribution >= 4 is 11.9 Å². The number of benzene rings is 1. The van der Waals surface area contributed by atoms with Gasteiger partial charge in [0.1, 0.15) is 0 Å². The molecule has 1 rings (SSSR count). The molecule has 84 valence electrons. The van der Waals surface area contributed by atoms with Gasteiger partial charge in [-0.05, 0) is 18.2 Å². The first kappa shape index (κ1) is 16.1. The molecule has 0 heterocycles. The zero-order valence-corrected chi connectivity index (χ0v) is 9.59. The molecule has 0 fully saturated rings. The van der Waals surface area contributed by atoms with Gasteiger partial charge in [0, 0.05) is 44.8 Å². The Bertz CT molecular complexity index is 309. The van der Waals surface area contributed by atoms with Gasteiger partial charge in [-0.3, -0.25) is 0 Å². The summed E-state index contributed by atoms with van der Waals surface area (Å²) in [5.41, 5.74) is -0.0372. The molecule has 2 radical (unpaired) electrons. The molecule has 0 spiro atoms. The van der Waals surface area contributed by atoms with Crippen molar-refractivity contribution in [2.75, 3.05) is 0 Å². The summed E-state index contributed by atoms with van der Waals surface area (Å²) in [6.45, 7) is 0. The Hall–Kier alpha value is -0.359. The van der Waals surface area contributed by atoms with Crippen LogP contribution in [0.3, 0.4) is 0 Å². The molecule has 4 nitrogen and oxygen atoms in total. The number of aromatic carboxylic acids is 2. The molecule has 6 heteroatoms. The third-order valence-electron chi connectivity index (χ3n) is 1.36. The Morgan fingerprint density at radius 1 is 0.929 bits per heavy atom. The van der Waals surface area contributed by atoms with Crippen molar-refractivity contribution in [3.05, 3.63) is 35.4 Å². The fraction of sp³-hybridized carbons (Fsp3) is 0. The summed E-state index contributed by atoms with van der Waals surface area (Å²) in [5, 5.41) is 17.0. The van der Waals surface area contributed by atoms with E-state index in [9.17, 15) is 9.59 Å². The first-order valence-corrected chi connectivity index (χ1v) is 3.18. The summed E-state index contributed by atoms with van der Waals surface area (Å²) in [5.74, 6) is -2.25. The summed E-state index contributed by atoms with van der Waals surface area (Å²) in [6, 6.07) is 5.20. The van der Waals surface area contributed by atoms with Gasteiger partial charge < -0.3 is 10.2 Å². The molecule has 0 aliphatic rings. The van der Waals surface area contributed by atoms with Crippen molar-refractivity contribution in [3.63, 3.8) is 0 Å². The summed E-state index contributed by atoms with van der Waals surface area (Å²) < 4.78 is 0. The van der Waals surface area contributed by atoms with E-state index in [0.717, 1.165) is 6.07 Å². The predicted molar refractivity (Wildman–Crippen MR) is 40.4 cm³/mol. The van der Waals surface area contributed by atoms with E-state index in [1.54, 1.807) is 0 Å². The molecule has 0 saturated carbocycles. The van der Waals surface area contributed by atoms with Gasteiger partial charge >= 0.3 is 11.9 Å². The number of carboxylic acid groups (broad SMARTS) is 2. The van der Waals surface area contributed by atoms with Crippen molar-refractivity contribution in [2.24, 2.45) is 0 Å². The molecule has 0 amide bonds. The van der Waals surface area contributed by atoms with Crippen molar-refractivity contribution < 1.29 is 64.6 Å². The van der Waals surface area contributed by atoms with Crippen LogP contribution in [0, 0.1) is 0 Å². The molecule has 1 aromatic carbocycles. The standard InChI is InChI=1S/C8H6O4.2Ag/c9-7(10)5-2-1-3-6(4-5)8(11)12;;/h1-4H,(H,9,10)(H,11,12);;. The number of carboxylic acids is 2. The molecule has 0 aromatic heterocycles. The van der Waals surface area contributed by atoms with Crippen LogP contribution in [0.4, 0.5) is 0 Å². The molecular formula is C8H6Ag2O4. The largest absolute Gasteiger partial charge is 0.478 e. The Morgan fingerprint density at radius 2 is 1.29 bits per heavy atom. The van der Waals surface area contributed by atoms with Crippen LogP contribution in [-0.4, -0.2) is 22.2 Å². The summed E-state index contributed by atoms with van der Waals surface area (Å²) >= 11 is 0. The maximum atomic E-state index is 10.4. The summed E-state index contributed by atoms with van der Waals surface area (Å²) in [6.07, 6.45) is 0. The molecule has 0 unspecified atom stereocenters. The van der Waals surface area contributed by atoms with Gasteiger partial charge in [0.25, 0.3) is 0 Å². The first-order valence-electron chi connectivity index (χ1n) is 3.18. The monoisotopic (exact) mass is 380 g/mol. The van der Waals surface area contributed by atoms with E-state index < -0.39 is 11.9 Å². The van der Waals surface area contributed by atoms with Crippen LogP contribution in [0.15, 0.2) is 24.3 Å². The van der Waals surface area contributed by atoms with Gasteiger partial charge in [0.2, 0.25) is 0 Å². The van der Waals surface area contributed by atoms with Crippen molar-refractivity contribution in [3.8, 4) is 0 Å². The normalized spacial score (nSPS) is 8.00. The molecule has 0 aliphatic heterocycles. The second kappa shape index (κ2) is 7.00. The molecule has 0 aliphatic carbocycles. The maximum Gasteiger partial charge on any atom is 0.335 e. The van der Waals surface area contributed by atoms with Gasteiger partial charge in [-0.1, -0.05) is 6.07 Å². The van der Waals surface area contributed by atoms with E-state index in [0.29, 0.717) is 0 Å². The zero-order valence-electron chi connectivity index (χ0n) is 6.62. The fourth-order valence-corrected chi connectivity index (χ4v) is 0.785. The SMILES string of the molecule is O=C(O)c1cccc(C(=O)O)c1.[Ag].[Ag]. The summed E-state index contributed by atoms with van der Waals surface area (Å²) in [4.78, 5) is 20.8. The predicted octanol–water partition coefficient (Wildman–Crippen LogP) is 1.08. The van der Waals surface area contributed by atoms with E-state index >= 15 is 0 Å². The third-order valence-corrected chi connectivity index (χ3v) is 1.36. The Kier molecular flexibility index (Phi) is 8.04. The minimum Gasteiger partial charge on any atom is -0.478 e. The third kappa shape index (κ3) is 4.24.